The Balaban J connectivity index is 2.22. The molecule has 0 spiro atoms. The molecule has 0 saturated carbocycles. The molecule has 3 rings (SSSR count). The highest BCUT2D eigenvalue weighted by molar-refractivity contribution is 5.79. The highest BCUT2D eigenvalue weighted by atomic mass is 19.1. The number of fused-ring (bicyclic) bond motifs is 1. The van der Waals surface area contributed by atoms with Gasteiger partial charge in [-0.15, -0.1) is 6.42 Å². The van der Waals surface area contributed by atoms with Crippen LogP contribution < -0.4 is 0 Å². The summed E-state index contributed by atoms with van der Waals surface area (Å²) in [5.74, 6) is 2.64. The van der Waals surface area contributed by atoms with E-state index in [-0.39, 0.29) is 5.82 Å². The molecule has 0 aliphatic rings. The number of H-pyrrole nitrogens is 1. The Hall–Kier alpha value is -2.60. The molecule has 2 nitrogen and oxygen atoms in total. The molecule has 0 fully saturated rings. The summed E-state index contributed by atoms with van der Waals surface area (Å²) in [6.45, 7) is 0. The fourth-order valence-electron chi connectivity index (χ4n) is 1.88. The quantitative estimate of drug-likeness (QED) is 0.645. The van der Waals surface area contributed by atoms with Crippen molar-refractivity contribution in [2.24, 2.45) is 0 Å². The van der Waals surface area contributed by atoms with Gasteiger partial charge in [0.05, 0.1) is 16.6 Å². The molecule has 0 aliphatic carbocycles. The lowest BCUT2D eigenvalue weighted by Crippen LogP contribution is -1.88. The van der Waals surface area contributed by atoms with Gasteiger partial charge < -0.3 is 4.98 Å². The summed E-state index contributed by atoms with van der Waals surface area (Å²) in [6, 6.07) is 12.1. The molecule has 0 aliphatic heterocycles. The zero-order valence-corrected chi connectivity index (χ0v) is 9.44. The van der Waals surface area contributed by atoms with E-state index in [2.05, 4.69) is 15.9 Å². The van der Waals surface area contributed by atoms with Crippen LogP contribution in [0, 0.1) is 18.2 Å². The van der Waals surface area contributed by atoms with E-state index < -0.39 is 0 Å². The van der Waals surface area contributed by atoms with Gasteiger partial charge in [0.1, 0.15) is 11.6 Å². The Bertz CT molecular complexity index is 733. The Morgan fingerprint density at radius 3 is 2.78 bits per heavy atom. The molecule has 3 heteroatoms. The predicted octanol–water partition coefficient (Wildman–Crippen LogP) is 3.35. The minimum absolute atomic E-state index is 0.340. The summed E-state index contributed by atoms with van der Waals surface area (Å²) in [5.41, 5.74) is 2.70. The monoisotopic (exact) mass is 236 g/mol. The van der Waals surface area contributed by atoms with Crippen LogP contribution in [-0.4, -0.2) is 9.97 Å². The lowest BCUT2D eigenvalue weighted by atomic mass is 10.1. The average Bonchev–Trinajstić information content (AvgIpc) is 2.82. The van der Waals surface area contributed by atoms with Crippen LogP contribution in [0.3, 0.4) is 0 Å². The van der Waals surface area contributed by atoms with Crippen LogP contribution >= 0.6 is 0 Å². The number of terminal acetylenes is 1. The Labute approximate surface area is 103 Å². The van der Waals surface area contributed by atoms with Gasteiger partial charge in [-0.1, -0.05) is 18.1 Å². The van der Waals surface area contributed by atoms with E-state index in [0.29, 0.717) is 17.0 Å². The minimum Gasteiger partial charge on any atom is -0.338 e. The summed E-state index contributed by atoms with van der Waals surface area (Å²) >= 11 is 0. The third kappa shape index (κ3) is 1.64. The van der Waals surface area contributed by atoms with E-state index in [4.69, 9.17) is 6.42 Å². The Morgan fingerprint density at radius 1 is 1.17 bits per heavy atom. The van der Waals surface area contributed by atoms with Crippen molar-refractivity contribution in [2.75, 3.05) is 0 Å². The molecule has 0 atom stereocenters. The van der Waals surface area contributed by atoms with Gasteiger partial charge in [0.15, 0.2) is 0 Å². The van der Waals surface area contributed by atoms with E-state index in [9.17, 15) is 4.39 Å². The van der Waals surface area contributed by atoms with Crippen LogP contribution in [0.25, 0.3) is 22.4 Å². The first-order valence-electron chi connectivity index (χ1n) is 5.49. The number of halogens is 1. The lowest BCUT2D eigenvalue weighted by Gasteiger charge is -2.00. The fourth-order valence-corrected chi connectivity index (χ4v) is 1.88. The number of hydrogen-bond acceptors (Lipinski definition) is 1. The molecule has 1 heterocycles. The Morgan fingerprint density at radius 2 is 2.00 bits per heavy atom. The molecule has 2 aromatic carbocycles. The van der Waals surface area contributed by atoms with Crippen molar-refractivity contribution in [1.82, 2.24) is 9.97 Å². The van der Waals surface area contributed by atoms with Gasteiger partial charge in [-0.2, -0.15) is 0 Å². The van der Waals surface area contributed by atoms with E-state index in [1.807, 2.05) is 24.3 Å². The third-order valence-electron chi connectivity index (χ3n) is 2.78. The van der Waals surface area contributed by atoms with Crippen molar-refractivity contribution < 1.29 is 4.39 Å². The molecule has 3 aromatic rings. The van der Waals surface area contributed by atoms with Crippen molar-refractivity contribution in [3.8, 4) is 23.7 Å². The van der Waals surface area contributed by atoms with Crippen LogP contribution in [0.2, 0.25) is 0 Å². The number of aromatic nitrogens is 2. The van der Waals surface area contributed by atoms with Gasteiger partial charge in [0.25, 0.3) is 0 Å². The number of imidazole rings is 1. The summed E-state index contributed by atoms with van der Waals surface area (Å²) in [4.78, 5) is 7.44. The predicted molar refractivity (Wildman–Crippen MR) is 69.4 cm³/mol. The minimum atomic E-state index is -0.340. The lowest BCUT2D eigenvalue weighted by molar-refractivity contribution is 0.630. The summed E-state index contributed by atoms with van der Waals surface area (Å²) in [6.07, 6.45) is 5.32. The molecular formula is C15H9FN2. The van der Waals surface area contributed by atoms with Crippen molar-refractivity contribution in [3.05, 3.63) is 53.8 Å². The van der Waals surface area contributed by atoms with Crippen molar-refractivity contribution in [3.63, 3.8) is 0 Å². The molecule has 0 unspecified atom stereocenters. The van der Waals surface area contributed by atoms with Gasteiger partial charge in [-0.3, -0.25) is 0 Å². The highest BCUT2D eigenvalue weighted by Gasteiger charge is 2.10. The molecule has 1 aromatic heterocycles. The third-order valence-corrected chi connectivity index (χ3v) is 2.78. The second kappa shape index (κ2) is 4.01. The topological polar surface area (TPSA) is 28.7 Å². The number of para-hydroxylation sites is 2. The smallest absolute Gasteiger partial charge is 0.141 e. The van der Waals surface area contributed by atoms with Crippen molar-refractivity contribution in [1.29, 1.82) is 0 Å². The van der Waals surface area contributed by atoms with Gasteiger partial charge in [0, 0.05) is 5.56 Å². The molecule has 0 amide bonds. The zero-order valence-electron chi connectivity index (χ0n) is 9.44. The first kappa shape index (κ1) is 10.5. The first-order chi connectivity index (χ1) is 8.78. The van der Waals surface area contributed by atoms with Crippen LogP contribution in [0.5, 0.6) is 0 Å². The summed E-state index contributed by atoms with van der Waals surface area (Å²) in [5, 5.41) is 0. The molecule has 0 bridgehead atoms. The van der Waals surface area contributed by atoms with Crippen LogP contribution in [0.4, 0.5) is 4.39 Å². The highest BCUT2D eigenvalue weighted by Crippen LogP contribution is 2.23. The number of nitrogens with zero attached hydrogens (tertiary/aromatic N) is 1. The Kier molecular flexibility index (Phi) is 2.35. The summed E-state index contributed by atoms with van der Waals surface area (Å²) < 4.78 is 13.8. The molecule has 86 valence electrons. The van der Waals surface area contributed by atoms with Crippen LogP contribution in [-0.2, 0) is 0 Å². The zero-order chi connectivity index (χ0) is 12.5. The van der Waals surface area contributed by atoms with Gasteiger partial charge >= 0.3 is 0 Å². The number of hydrogen-bond donors (Lipinski definition) is 1. The number of nitrogens with one attached hydrogen (secondary N) is 1. The normalized spacial score (nSPS) is 10.4. The van der Waals surface area contributed by atoms with Crippen LogP contribution in [0.1, 0.15) is 5.56 Å². The largest absolute Gasteiger partial charge is 0.338 e. The van der Waals surface area contributed by atoms with Gasteiger partial charge in [-0.05, 0) is 30.3 Å². The second-order valence-electron chi connectivity index (χ2n) is 3.94. The van der Waals surface area contributed by atoms with E-state index >= 15 is 0 Å². The maximum atomic E-state index is 13.8. The maximum absolute atomic E-state index is 13.8. The molecular weight excluding hydrogens is 227 g/mol. The number of aromatic amines is 1. The second-order valence-corrected chi connectivity index (χ2v) is 3.94. The van der Waals surface area contributed by atoms with Gasteiger partial charge in [0.2, 0.25) is 0 Å². The van der Waals surface area contributed by atoms with E-state index in [0.717, 1.165) is 11.0 Å². The molecule has 1 N–H and O–H groups in total. The van der Waals surface area contributed by atoms with Crippen LogP contribution in [0.15, 0.2) is 42.5 Å². The van der Waals surface area contributed by atoms with Crippen molar-refractivity contribution >= 4 is 11.0 Å². The van der Waals surface area contributed by atoms with E-state index in [1.54, 1.807) is 12.1 Å². The molecule has 0 saturated heterocycles. The first-order valence-corrected chi connectivity index (χ1v) is 5.49. The molecule has 18 heavy (non-hydrogen) atoms. The fraction of sp³-hybridized carbons (Fsp3) is 0. The van der Waals surface area contributed by atoms with Gasteiger partial charge in [-0.25, -0.2) is 9.37 Å². The number of rotatable bonds is 1. The molecule has 0 radical (unpaired) electrons. The van der Waals surface area contributed by atoms with E-state index in [1.165, 1.54) is 6.07 Å². The summed E-state index contributed by atoms with van der Waals surface area (Å²) in [7, 11) is 0. The standard InChI is InChI=1S/C15H9FN2/c1-2-10-7-8-12(16)11(9-10)15-17-13-5-3-4-6-14(13)18-15/h1,3-9H,(H,17,18). The average molecular weight is 236 g/mol. The van der Waals surface area contributed by atoms with Crippen molar-refractivity contribution in [2.45, 2.75) is 0 Å². The SMILES string of the molecule is C#Cc1ccc(F)c(-c2nc3ccccc3[nH]2)c1. The number of benzene rings is 2. The maximum Gasteiger partial charge on any atom is 0.141 e.